The third-order valence-corrected chi connectivity index (χ3v) is 3.73. The SMILES string of the molecule is CC(CNC(=O)N1CCN(C)C(C)(C)C1)CC(=O)O. The van der Waals surface area contributed by atoms with Crippen LogP contribution in [-0.2, 0) is 4.79 Å². The molecule has 1 heterocycles. The number of nitrogens with one attached hydrogen (secondary N) is 1. The number of amides is 2. The number of likely N-dealkylation sites (N-methyl/N-ethyl adjacent to an activating group) is 1. The Kier molecular flexibility index (Phi) is 5.17. The first kappa shape index (κ1) is 15.8. The van der Waals surface area contributed by atoms with E-state index in [2.05, 4.69) is 31.1 Å². The number of carboxylic acid groups (broad SMARTS) is 1. The summed E-state index contributed by atoms with van der Waals surface area (Å²) in [6.45, 7) is 8.69. The molecule has 0 aromatic rings. The predicted octanol–water partition coefficient (Wildman–Crippen LogP) is 0.833. The Morgan fingerprint density at radius 2 is 2.00 bits per heavy atom. The summed E-state index contributed by atoms with van der Waals surface area (Å²) >= 11 is 0. The summed E-state index contributed by atoms with van der Waals surface area (Å²) < 4.78 is 0. The van der Waals surface area contributed by atoms with E-state index in [1.165, 1.54) is 0 Å². The second-order valence-electron chi connectivity index (χ2n) is 6.04. The van der Waals surface area contributed by atoms with Gasteiger partial charge in [-0.15, -0.1) is 0 Å². The fourth-order valence-electron chi connectivity index (χ4n) is 2.16. The summed E-state index contributed by atoms with van der Waals surface area (Å²) in [6, 6.07) is -0.0987. The van der Waals surface area contributed by atoms with Crippen LogP contribution in [0.4, 0.5) is 4.79 Å². The van der Waals surface area contributed by atoms with Crippen LogP contribution in [0.3, 0.4) is 0 Å². The van der Waals surface area contributed by atoms with Gasteiger partial charge in [-0.2, -0.15) is 0 Å². The number of nitrogens with zero attached hydrogens (tertiary/aromatic N) is 2. The fraction of sp³-hybridized carbons (Fsp3) is 0.846. The highest BCUT2D eigenvalue weighted by Gasteiger charge is 2.33. The van der Waals surface area contributed by atoms with Crippen molar-refractivity contribution in [3.63, 3.8) is 0 Å². The van der Waals surface area contributed by atoms with Gasteiger partial charge in [-0.3, -0.25) is 9.69 Å². The molecule has 1 atom stereocenters. The van der Waals surface area contributed by atoms with Crippen molar-refractivity contribution in [2.45, 2.75) is 32.7 Å². The largest absolute Gasteiger partial charge is 0.481 e. The van der Waals surface area contributed by atoms with Gasteiger partial charge in [0.05, 0.1) is 0 Å². The van der Waals surface area contributed by atoms with Crippen LogP contribution in [0.25, 0.3) is 0 Å². The summed E-state index contributed by atoms with van der Waals surface area (Å²) in [5, 5.41) is 11.5. The van der Waals surface area contributed by atoms with Gasteiger partial charge < -0.3 is 15.3 Å². The van der Waals surface area contributed by atoms with Crippen LogP contribution in [0.15, 0.2) is 0 Å². The highest BCUT2D eigenvalue weighted by molar-refractivity contribution is 5.74. The van der Waals surface area contributed by atoms with Gasteiger partial charge in [-0.05, 0) is 26.8 Å². The molecule has 19 heavy (non-hydrogen) atoms. The molecule has 0 bridgehead atoms. The van der Waals surface area contributed by atoms with Crippen LogP contribution in [0.2, 0.25) is 0 Å². The lowest BCUT2D eigenvalue weighted by molar-refractivity contribution is -0.137. The van der Waals surface area contributed by atoms with Crippen molar-refractivity contribution in [1.82, 2.24) is 15.1 Å². The molecule has 0 aromatic carbocycles. The van der Waals surface area contributed by atoms with Gasteiger partial charge in [0, 0.05) is 38.1 Å². The summed E-state index contributed by atoms with van der Waals surface area (Å²) in [5.74, 6) is -0.885. The van der Waals surface area contributed by atoms with Gasteiger partial charge in [0.1, 0.15) is 0 Å². The first-order valence-corrected chi connectivity index (χ1v) is 6.68. The first-order chi connectivity index (χ1) is 8.72. The maximum absolute atomic E-state index is 12.0. The number of urea groups is 1. The number of piperazine rings is 1. The summed E-state index contributed by atoms with van der Waals surface area (Å²) in [6.07, 6.45) is 0.0779. The second-order valence-corrected chi connectivity index (χ2v) is 6.04. The number of carbonyl (C=O) groups is 2. The molecular weight excluding hydrogens is 246 g/mol. The van der Waals surface area contributed by atoms with Crippen LogP contribution in [0, 0.1) is 5.92 Å². The second kappa shape index (κ2) is 6.23. The molecule has 1 aliphatic heterocycles. The molecule has 2 N–H and O–H groups in total. The molecule has 1 unspecified atom stereocenters. The van der Waals surface area contributed by atoms with Gasteiger partial charge in [-0.25, -0.2) is 4.79 Å². The number of carbonyl (C=O) groups excluding carboxylic acids is 1. The third-order valence-electron chi connectivity index (χ3n) is 3.73. The topological polar surface area (TPSA) is 72.9 Å². The quantitative estimate of drug-likeness (QED) is 0.794. The minimum Gasteiger partial charge on any atom is -0.481 e. The number of hydrogen-bond donors (Lipinski definition) is 2. The molecule has 0 spiro atoms. The van der Waals surface area contributed by atoms with Crippen LogP contribution < -0.4 is 5.32 Å². The molecule has 0 saturated carbocycles. The highest BCUT2D eigenvalue weighted by atomic mass is 16.4. The average molecular weight is 271 g/mol. The van der Waals surface area contributed by atoms with Crippen molar-refractivity contribution in [3.05, 3.63) is 0 Å². The number of carboxylic acids is 1. The Balaban J connectivity index is 2.40. The Morgan fingerprint density at radius 1 is 1.37 bits per heavy atom. The van der Waals surface area contributed by atoms with Gasteiger partial charge in [0.15, 0.2) is 0 Å². The van der Waals surface area contributed by atoms with Crippen molar-refractivity contribution < 1.29 is 14.7 Å². The summed E-state index contributed by atoms with van der Waals surface area (Å²) in [7, 11) is 2.06. The summed E-state index contributed by atoms with van der Waals surface area (Å²) in [5.41, 5.74) is -0.0255. The van der Waals surface area contributed by atoms with Crippen molar-refractivity contribution in [3.8, 4) is 0 Å². The zero-order valence-electron chi connectivity index (χ0n) is 12.3. The molecular formula is C13H25N3O3. The molecule has 2 amide bonds. The normalized spacial score (nSPS) is 20.9. The first-order valence-electron chi connectivity index (χ1n) is 6.68. The smallest absolute Gasteiger partial charge is 0.317 e. The van der Waals surface area contributed by atoms with Gasteiger partial charge in [0.2, 0.25) is 0 Å². The molecule has 0 aliphatic carbocycles. The van der Waals surface area contributed by atoms with E-state index >= 15 is 0 Å². The third kappa shape index (κ3) is 4.70. The Bertz CT molecular complexity index is 344. The van der Waals surface area contributed by atoms with Crippen LogP contribution >= 0.6 is 0 Å². The summed E-state index contributed by atoms with van der Waals surface area (Å²) in [4.78, 5) is 26.6. The van der Waals surface area contributed by atoms with Crippen LogP contribution in [0.5, 0.6) is 0 Å². The standard InChI is InChI=1S/C13H25N3O3/c1-10(7-11(17)18)8-14-12(19)16-6-5-15(4)13(2,3)9-16/h10H,5-9H2,1-4H3,(H,14,19)(H,17,18). The maximum Gasteiger partial charge on any atom is 0.317 e. The molecule has 1 aliphatic rings. The molecule has 1 rings (SSSR count). The average Bonchev–Trinajstić information content (AvgIpc) is 2.28. The van der Waals surface area contributed by atoms with Crippen molar-refractivity contribution >= 4 is 12.0 Å². The van der Waals surface area contributed by atoms with Crippen molar-refractivity contribution in [1.29, 1.82) is 0 Å². The number of rotatable bonds is 4. The Labute approximate surface area is 114 Å². The molecule has 1 saturated heterocycles. The van der Waals surface area contributed by atoms with Gasteiger partial charge in [0.25, 0.3) is 0 Å². The number of aliphatic carboxylic acids is 1. The minimum atomic E-state index is -0.831. The molecule has 110 valence electrons. The Hall–Kier alpha value is -1.30. The van der Waals surface area contributed by atoms with E-state index in [0.29, 0.717) is 19.6 Å². The minimum absolute atomic E-state index is 0.0255. The van der Waals surface area contributed by atoms with Gasteiger partial charge in [-0.1, -0.05) is 6.92 Å². The monoisotopic (exact) mass is 271 g/mol. The molecule has 0 radical (unpaired) electrons. The van der Waals surface area contributed by atoms with E-state index in [9.17, 15) is 9.59 Å². The van der Waals surface area contributed by atoms with Crippen LogP contribution in [-0.4, -0.2) is 65.7 Å². The maximum atomic E-state index is 12.0. The Morgan fingerprint density at radius 3 is 2.53 bits per heavy atom. The lowest BCUT2D eigenvalue weighted by Gasteiger charge is -2.45. The zero-order chi connectivity index (χ0) is 14.6. The highest BCUT2D eigenvalue weighted by Crippen LogP contribution is 2.18. The molecule has 6 heteroatoms. The van der Waals surface area contributed by atoms with E-state index in [4.69, 9.17) is 5.11 Å². The van der Waals surface area contributed by atoms with Crippen molar-refractivity contribution in [2.75, 3.05) is 33.2 Å². The predicted molar refractivity (Wildman–Crippen MR) is 73.1 cm³/mol. The lowest BCUT2D eigenvalue weighted by atomic mass is 10.00. The van der Waals surface area contributed by atoms with Crippen molar-refractivity contribution in [2.24, 2.45) is 5.92 Å². The van der Waals surface area contributed by atoms with E-state index in [-0.39, 0.29) is 23.9 Å². The zero-order valence-corrected chi connectivity index (χ0v) is 12.3. The van der Waals surface area contributed by atoms with Crippen LogP contribution in [0.1, 0.15) is 27.2 Å². The molecule has 0 aromatic heterocycles. The van der Waals surface area contributed by atoms with E-state index < -0.39 is 5.97 Å². The van der Waals surface area contributed by atoms with Gasteiger partial charge >= 0.3 is 12.0 Å². The number of hydrogen-bond acceptors (Lipinski definition) is 3. The lowest BCUT2D eigenvalue weighted by Crippen LogP contribution is -2.60. The molecule has 6 nitrogen and oxygen atoms in total. The van der Waals surface area contributed by atoms with E-state index in [1.54, 1.807) is 4.90 Å². The van der Waals surface area contributed by atoms with E-state index in [0.717, 1.165) is 6.54 Å². The molecule has 1 fully saturated rings. The van der Waals surface area contributed by atoms with E-state index in [1.807, 2.05) is 6.92 Å². The fourth-order valence-corrected chi connectivity index (χ4v) is 2.16.